The van der Waals surface area contributed by atoms with E-state index in [2.05, 4.69) is 0 Å². The molecule has 0 aliphatic heterocycles. The fourth-order valence-electron chi connectivity index (χ4n) is 0.731. The predicted molar refractivity (Wildman–Crippen MR) is 51.1 cm³/mol. The molecule has 13 heavy (non-hydrogen) atoms. The average molecular weight is 217 g/mol. The van der Waals surface area contributed by atoms with Gasteiger partial charge in [0.1, 0.15) is 0 Å². The van der Waals surface area contributed by atoms with Crippen molar-refractivity contribution >= 4 is 27.6 Å². The molecule has 0 heterocycles. The number of sulfonamides is 1. The van der Waals surface area contributed by atoms with Gasteiger partial charge in [0.05, 0.1) is 4.90 Å². The molecule has 0 radical (unpaired) electrons. The van der Waals surface area contributed by atoms with Crippen LogP contribution in [0.1, 0.15) is 0 Å². The van der Waals surface area contributed by atoms with Crippen LogP contribution in [-0.4, -0.2) is 14.0 Å². The molecule has 0 unspecified atom stereocenters. The molecular weight excluding hydrogens is 210 g/mol. The quantitative estimate of drug-likeness (QED) is 0.598. The second-order valence-corrected chi connectivity index (χ2v) is 4.69. The van der Waals surface area contributed by atoms with Gasteiger partial charge in [0.25, 0.3) is 0 Å². The molecule has 0 saturated heterocycles. The van der Waals surface area contributed by atoms with Gasteiger partial charge < -0.3 is 0 Å². The zero-order chi connectivity index (χ0) is 9.73. The van der Waals surface area contributed by atoms with Crippen molar-refractivity contribution in [2.75, 3.05) is 0 Å². The maximum absolute atomic E-state index is 11.3. The van der Waals surface area contributed by atoms with Crippen molar-refractivity contribution < 1.29 is 13.2 Å². The highest BCUT2D eigenvalue weighted by Gasteiger charge is 2.11. The molecule has 6 heteroatoms. The summed E-state index contributed by atoms with van der Waals surface area (Å²) in [4.78, 5) is 10.1. The number of benzene rings is 1. The number of carbonyl (C=O) groups excluding carboxylic acids is 1. The molecule has 0 atom stereocenters. The zero-order valence-electron chi connectivity index (χ0n) is 6.51. The van der Waals surface area contributed by atoms with Gasteiger partial charge in [-0.05, 0) is 12.1 Å². The van der Waals surface area contributed by atoms with E-state index in [0.29, 0.717) is 17.6 Å². The van der Waals surface area contributed by atoms with E-state index < -0.39 is 10.0 Å². The molecule has 70 valence electrons. The van der Waals surface area contributed by atoms with E-state index in [0.717, 1.165) is 0 Å². The average Bonchev–Trinajstić information content (AvgIpc) is 2.16. The predicted octanol–water partition coefficient (Wildman–Crippen LogP) is 0.803. The molecule has 0 fully saturated rings. The van der Waals surface area contributed by atoms with Crippen molar-refractivity contribution in [1.29, 1.82) is 0 Å². The number of hydrogen-bond donors (Lipinski definition) is 1. The number of hydrogen-bond acceptors (Lipinski definition) is 4. The Hall–Kier alpha value is -0.850. The first-order valence-electron chi connectivity index (χ1n) is 3.33. The number of carbonyl (C=O) groups is 1. The van der Waals surface area contributed by atoms with Gasteiger partial charge in [-0.15, -0.1) is 4.13 Å². The fraction of sp³-hybridized carbons (Fsp3) is 0. The summed E-state index contributed by atoms with van der Waals surface area (Å²) in [7, 11) is -3.54. The Morgan fingerprint density at radius 2 is 1.85 bits per heavy atom. The first kappa shape index (κ1) is 10.2. The van der Waals surface area contributed by atoms with E-state index in [1.807, 2.05) is 4.13 Å². The Kier molecular flexibility index (Phi) is 3.47. The van der Waals surface area contributed by atoms with Gasteiger partial charge in [-0.1, -0.05) is 18.2 Å². The van der Waals surface area contributed by atoms with Gasteiger partial charge in [-0.2, -0.15) is 0 Å². The largest absolute Gasteiger partial charge is 0.290 e. The summed E-state index contributed by atoms with van der Waals surface area (Å²) < 4.78 is 24.6. The first-order valence-corrected chi connectivity index (χ1v) is 5.69. The highest BCUT2D eigenvalue weighted by molar-refractivity contribution is 8.17. The van der Waals surface area contributed by atoms with E-state index >= 15 is 0 Å². The minimum atomic E-state index is -3.54. The van der Waals surface area contributed by atoms with Gasteiger partial charge in [0.2, 0.25) is 10.0 Å². The highest BCUT2D eigenvalue weighted by atomic mass is 32.3. The summed E-state index contributed by atoms with van der Waals surface area (Å²) >= 11 is 0.491. The smallest absolute Gasteiger partial charge is 0.250 e. The van der Waals surface area contributed by atoms with E-state index in [1.165, 1.54) is 12.1 Å². The van der Waals surface area contributed by atoms with E-state index in [9.17, 15) is 13.2 Å². The molecule has 0 aromatic heterocycles. The number of rotatable bonds is 4. The van der Waals surface area contributed by atoms with Crippen molar-refractivity contribution in [1.82, 2.24) is 4.13 Å². The Morgan fingerprint density at radius 1 is 1.23 bits per heavy atom. The second-order valence-electron chi connectivity index (χ2n) is 2.11. The lowest BCUT2D eigenvalue weighted by Gasteiger charge is -2.01. The molecule has 1 N–H and O–H groups in total. The number of nitrogens with one attached hydrogen (secondary N) is 1. The Labute approximate surface area is 80.5 Å². The summed E-state index contributed by atoms with van der Waals surface area (Å²) in [5.74, 6) is 0. The van der Waals surface area contributed by atoms with Crippen LogP contribution in [-0.2, 0) is 14.8 Å². The summed E-state index contributed by atoms with van der Waals surface area (Å²) in [6.07, 6.45) is 0. The molecule has 0 aliphatic rings. The van der Waals surface area contributed by atoms with Crippen molar-refractivity contribution in [2.45, 2.75) is 4.90 Å². The standard InChI is InChI=1S/C7H7NO3S2/c9-6-12-8-13(10,11)7-4-2-1-3-5-7/h1-6,8H. The van der Waals surface area contributed by atoms with E-state index in [-0.39, 0.29) is 4.90 Å². The zero-order valence-corrected chi connectivity index (χ0v) is 8.14. The van der Waals surface area contributed by atoms with Gasteiger partial charge in [0, 0.05) is 11.9 Å². The molecule has 1 aromatic rings. The Balaban J connectivity index is 2.88. The molecule has 0 spiro atoms. The lowest BCUT2D eigenvalue weighted by Crippen LogP contribution is -2.16. The third-order valence-corrected chi connectivity index (χ3v) is 3.51. The van der Waals surface area contributed by atoms with Crippen LogP contribution in [0.4, 0.5) is 0 Å². The van der Waals surface area contributed by atoms with Crippen molar-refractivity contribution in [3.63, 3.8) is 0 Å². The summed E-state index contributed by atoms with van der Waals surface area (Å²) in [5.41, 5.74) is 0.417. The third kappa shape index (κ3) is 2.83. The molecule has 1 rings (SSSR count). The van der Waals surface area contributed by atoms with Crippen LogP contribution < -0.4 is 4.13 Å². The highest BCUT2D eigenvalue weighted by Crippen LogP contribution is 2.08. The molecule has 0 saturated carbocycles. The third-order valence-electron chi connectivity index (χ3n) is 1.26. The van der Waals surface area contributed by atoms with Crippen LogP contribution in [0.3, 0.4) is 0 Å². The monoisotopic (exact) mass is 217 g/mol. The molecule has 1 aromatic carbocycles. The fourth-order valence-corrected chi connectivity index (χ4v) is 2.29. The topological polar surface area (TPSA) is 63.2 Å². The van der Waals surface area contributed by atoms with Crippen molar-refractivity contribution in [3.8, 4) is 0 Å². The maximum Gasteiger partial charge on any atom is 0.250 e. The SMILES string of the molecule is O=CSNS(=O)(=O)c1ccccc1. The summed E-state index contributed by atoms with van der Waals surface area (Å²) in [5, 5.41) is 0. The van der Waals surface area contributed by atoms with Gasteiger partial charge >= 0.3 is 0 Å². The lowest BCUT2D eigenvalue weighted by atomic mass is 10.4. The first-order chi connectivity index (χ1) is 6.17. The van der Waals surface area contributed by atoms with Crippen LogP contribution >= 0.6 is 11.9 Å². The molecule has 4 nitrogen and oxygen atoms in total. The molecule has 0 bridgehead atoms. The van der Waals surface area contributed by atoms with E-state index in [4.69, 9.17) is 0 Å². The summed E-state index contributed by atoms with van der Waals surface area (Å²) in [6.45, 7) is 0. The molecule has 0 aliphatic carbocycles. The van der Waals surface area contributed by atoms with Crippen LogP contribution in [0.15, 0.2) is 35.2 Å². The van der Waals surface area contributed by atoms with Gasteiger partial charge in [-0.3, -0.25) is 4.79 Å². The molecular formula is C7H7NO3S2. The Morgan fingerprint density at radius 3 is 2.38 bits per heavy atom. The maximum atomic E-state index is 11.3. The van der Waals surface area contributed by atoms with Crippen molar-refractivity contribution in [3.05, 3.63) is 30.3 Å². The van der Waals surface area contributed by atoms with E-state index in [1.54, 1.807) is 18.2 Å². The van der Waals surface area contributed by atoms with Crippen LogP contribution in [0.2, 0.25) is 0 Å². The molecule has 0 amide bonds. The normalized spacial score (nSPS) is 11.1. The second kappa shape index (κ2) is 4.40. The van der Waals surface area contributed by atoms with Crippen molar-refractivity contribution in [2.24, 2.45) is 0 Å². The van der Waals surface area contributed by atoms with Gasteiger partial charge in [0.15, 0.2) is 5.62 Å². The van der Waals surface area contributed by atoms with Crippen LogP contribution in [0.5, 0.6) is 0 Å². The van der Waals surface area contributed by atoms with Gasteiger partial charge in [-0.25, -0.2) is 8.42 Å². The lowest BCUT2D eigenvalue weighted by molar-refractivity contribution is 0.569. The summed E-state index contributed by atoms with van der Waals surface area (Å²) in [6, 6.07) is 7.84. The van der Waals surface area contributed by atoms with Crippen LogP contribution in [0.25, 0.3) is 0 Å². The minimum absolute atomic E-state index is 0.143. The Bertz CT molecular complexity index is 374. The minimum Gasteiger partial charge on any atom is -0.290 e. The van der Waals surface area contributed by atoms with Crippen LogP contribution in [0, 0.1) is 0 Å².